The molecule has 25 rings (SSSR count). The van der Waals surface area contributed by atoms with Crippen molar-refractivity contribution in [2.75, 3.05) is 26.6 Å². The fourth-order valence-electron chi connectivity index (χ4n) is 21.0. The summed E-state index contributed by atoms with van der Waals surface area (Å²) < 4.78 is 2.36. The molecule has 5 heteroatoms. The number of hydrogen-bond donors (Lipinski definition) is 0. The van der Waals surface area contributed by atoms with Crippen LogP contribution in [0.3, 0.4) is 0 Å². The van der Waals surface area contributed by atoms with Crippen molar-refractivity contribution in [1.82, 2.24) is 4.57 Å². The highest BCUT2D eigenvalue weighted by atomic mass is 15.2. The second-order valence-corrected chi connectivity index (χ2v) is 37.4. The molecule has 658 valence electrons. The van der Waals surface area contributed by atoms with Crippen molar-refractivity contribution >= 4 is 138 Å². The quantitative estimate of drug-likeness (QED) is 0.101. The number of para-hydroxylation sites is 3. The van der Waals surface area contributed by atoms with E-state index in [4.69, 9.17) is 0 Å². The molecule has 0 N–H and O–H groups in total. The summed E-state index contributed by atoms with van der Waals surface area (Å²) in [4.78, 5) is 9.43. The van der Waals surface area contributed by atoms with Gasteiger partial charge >= 0.3 is 0 Å². The molecule has 0 saturated carbocycles. The van der Waals surface area contributed by atoms with E-state index < -0.39 is 0 Å². The van der Waals surface area contributed by atoms with Crippen molar-refractivity contribution in [3.05, 3.63) is 530 Å². The van der Waals surface area contributed by atoms with E-state index in [2.05, 4.69) is 571 Å². The molecule has 0 radical (unpaired) electrons. The third-order valence-electron chi connectivity index (χ3n) is 28.2. The maximum atomic E-state index is 2.40. The van der Waals surface area contributed by atoms with Gasteiger partial charge in [-0.3, -0.25) is 0 Å². The summed E-state index contributed by atoms with van der Waals surface area (Å²) in [5.74, 6) is 0. The highest BCUT2D eigenvalue weighted by molar-refractivity contribution is 6.17. The zero-order valence-electron chi connectivity index (χ0n) is 78.5. The maximum Gasteiger partial charge on any atom is 0.0546 e. The monoisotopic (exact) mass is 1760 g/mol. The molecule has 0 amide bonds. The Kier molecular flexibility index (Phi) is 22.7. The highest BCUT2D eigenvalue weighted by Crippen LogP contribution is 2.54. The zero-order chi connectivity index (χ0) is 92.8. The molecular formula is C132H105N5. The number of benzene rings is 22. The number of hydrogen-bond acceptors (Lipinski definition) is 4. The first kappa shape index (κ1) is 85.6. The molecule has 2 aliphatic rings. The van der Waals surface area contributed by atoms with Gasteiger partial charge in [0.15, 0.2) is 0 Å². The topological polar surface area (TPSA) is 17.9 Å². The Labute approximate surface area is 803 Å². The minimum absolute atomic E-state index is 0.00505. The molecule has 1 heterocycles. The lowest BCUT2D eigenvalue weighted by Gasteiger charge is -2.29. The van der Waals surface area contributed by atoms with Crippen LogP contribution in [0.2, 0.25) is 0 Å². The molecule has 0 aliphatic heterocycles. The van der Waals surface area contributed by atoms with Crippen LogP contribution in [0.25, 0.3) is 126 Å². The van der Waals surface area contributed by atoms with E-state index in [0.29, 0.717) is 0 Å². The van der Waals surface area contributed by atoms with Crippen molar-refractivity contribution in [2.45, 2.75) is 59.3 Å². The Hall–Kier alpha value is -16.9. The summed E-state index contributed by atoms with van der Waals surface area (Å²) in [5.41, 5.74) is 36.2. The van der Waals surface area contributed by atoms with Crippen LogP contribution in [0.5, 0.6) is 0 Å². The lowest BCUT2D eigenvalue weighted by molar-refractivity contribution is 0.660. The second-order valence-electron chi connectivity index (χ2n) is 37.4. The zero-order valence-corrected chi connectivity index (χ0v) is 78.5. The molecule has 0 unspecified atom stereocenters. The van der Waals surface area contributed by atoms with E-state index in [1.807, 2.05) is 0 Å². The molecule has 137 heavy (non-hydrogen) atoms. The van der Waals surface area contributed by atoms with E-state index in [0.717, 1.165) is 22.7 Å². The molecule has 0 spiro atoms. The van der Waals surface area contributed by atoms with Crippen molar-refractivity contribution in [1.29, 1.82) is 0 Å². The molecule has 1 aromatic heterocycles. The lowest BCUT2D eigenvalue weighted by atomic mass is 9.82. The molecule has 22 aromatic carbocycles. The summed E-state index contributed by atoms with van der Waals surface area (Å²) in [6, 6.07) is 178. The average Bonchev–Trinajstić information content (AvgIpc) is 1.53. The van der Waals surface area contributed by atoms with Crippen LogP contribution < -0.4 is 19.6 Å². The summed E-state index contributed by atoms with van der Waals surface area (Å²) in [6.07, 6.45) is 0. The second kappa shape index (κ2) is 36.3. The standard InChI is InChI=1S/C40H32N2.C33H25N.C32H27N.C27H21N/c1-40(2)36-15-9-7-13-32(36)33-23-22-31(26-37(33)40)41(3)29-20-17-27(18-21-29)28-19-24-39-35(25-28)34-14-8-10-16-38(34)42(39)30-11-5-4-6-12-30;1-24-15-19-28(20-16-24)34(29-21-17-26(18-22-29)25-9-3-2-4-10-25)33-23-27-11-5-6-12-30(27)31-13-7-8-14-32(31)33;1-22-15-17-24(18-16-22)33(31-14-8-10-23-9-4-5-11-26(23)31)25-19-20-28-27-12-6-7-13-29(27)32(2,3)30(28)21-25;1-20-15-17-23(18-16-20)28(22-10-3-2-4-11-22)27-19-21-9-5-6-12-24(21)25-13-7-8-14-26(25)27/h4-26H,1-3H3;2-23H,1H3;4-21H,1-3H3;2-19H,1H3. The van der Waals surface area contributed by atoms with Gasteiger partial charge < -0.3 is 24.2 Å². The summed E-state index contributed by atoms with van der Waals surface area (Å²) in [7, 11) is 2.16. The van der Waals surface area contributed by atoms with Gasteiger partial charge in [-0.25, -0.2) is 0 Å². The van der Waals surface area contributed by atoms with E-state index >= 15 is 0 Å². The fourth-order valence-corrected chi connectivity index (χ4v) is 21.0. The smallest absolute Gasteiger partial charge is 0.0546 e. The number of rotatable bonds is 14. The van der Waals surface area contributed by atoms with Crippen LogP contribution in [0.1, 0.15) is 66.6 Å². The normalized spacial score (nSPS) is 12.4. The van der Waals surface area contributed by atoms with Crippen molar-refractivity contribution in [2.24, 2.45) is 0 Å². The Morgan fingerprint density at radius 3 is 1.04 bits per heavy atom. The lowest BCUT2D eigenvalue weighted by Crippen LogP contribution is -2.16. The first-order valence-corrected chi connectivity index (χ1v) is 47.6. The number of fused-ring (bicyclic) bond motifs is 16. The number of aryl methyl sites for hydroxylation is 3. The Balaban J connectivity index is 0.000000107. The van der Waals surface area contributed by atoms with Gasteiger partial charge in [0, 0.05) is 96.0 Å². The van der Waals surface area contributed by atoms with Crippen LogP contribution in [0.15, 0.2) is 491 Å². The Morgan fingerprint density at radius 1 is 0.190 bits per heavy atom. The van der Waals surface area contributed by atoms with E-state index in [1.54, 1.807) is 0 Å². The van der Waals surface area contributed by atoms with Crippen LogP contribution >= 0.6 is 0 Å². The summed E-state index contributed by atoms with van der Waals surface area (Å²) in [5, 5.41) is 15.2. The van der Waals surface area contributed by atoms with Gasteiger partial charge in [0.1, 0.15) is 0 Å². The van der Waals surface area contributed by atoms with Crippen LogP contribution in [0, 0.1) is 20.8 Å². The Morgan fingerprint density at radius 2 is 0.526 bits per heavy atom. The minimum atomic E-state index is -0.0281. The van der Waals surface area contributed by atoms with E-state index in [1.165, 1.54) is 205 Å². The maximum absolute atomic E-state index is 2.40. The molecule has 0 bridgehead atoms. The number of nitrogens with zero attached hydrogens (tertiary/aromatic N) is 5. The molecule has 0 fully saturated rings. The van der Waals surface area contributed by atoms with Gasteiger partial charge in [-0.1, -0.05) is 390 Å². The van der Waals surface area contributed by atoms with Crippen molar-refractivity contribution in [3.8, 4) is 50.2 Å². The Bertz CT molecular complexity index is 8400. The predicted molar refractivity (Wildman–Crippen MR) is 586 cm³/mol. The third kappa shape index (κ3) is 16.2. The first-order chi connectivity index (χ1) is 67.1. The van der Waals surface area contributed by atoms with Gasteiger partial charge in [-0.05, 0) is 271 Å². The van der Waals surface area contributed by atoms with Gasteiger partial charge in [0.05, 0.1) is 28.1 Å². The summed E-state index contributed by atoms with van der Waals surface area (Å²) in [6.45, 7) is 15.8. The molecule has 0 saturated heterocycles. The first-order valence-electron chi connectivity index (χ1n) is 47.6. The molecule has 5 nitrogen and oxygen atoms in total. The minimum Gasteiger partial charge on any atom is -0.345 e. The van der Waals surface area contributed by atoms with E-state index in [9.17, 15) is 0 Å². The third-order valence-corrected chi connectivity index (χ3v) is 28.2. The molecular weight excluding hydrogens is 1660 g/mol. The largest absolute Gasteiger partial charge is 0.345 e. The van der Waals surface area contributed by atoms with Gasteiger partial charge in [-0.2, -0.15) is 0 Å². The average molecular weight is 1760 g/mol. The van der Waals surface area contributed by atoms with Crippen LogP contribution in [-0.2, 0) is 10.8 Å². The molecule has 23 aromatic rings. The summed E-state index contributed by atoms with van der Waals surface area (Å²) >= 11 is 0. The molecule has 0 atom stereocenters. The van der Waals surface area contributed by atoms with Crippen LogP contribution in [0.4, 0.5) is 62.6 Å². The van der Waals surface area contributed by atoms with Crippen LogP contribution in [-0.4, -0.2) is 11.6 Å². The van der Waals surface area contributed by atoms with E-state index in [-0.39, 0.29) is 10.8 Å². The number of anilines is 11. The van der Waals surface area contributed by atoms with Crippen molar-refractivity contribution < 1.29 is 0 Å². The highest BCUT2D eigenvalue weighted by Gasteiger charge is 2.38. The van der Waals surface area contributed by atoms with Gasteiger partial charge in [0.25, 0.3) is 0 Å². The fraction of sp³-hybridized carbons (Fsp3) is 0.0758. The number of aromatic nitrogens is 1. The van der Waals surface area contributed by atoms with Crippen molar-refractivity contribution in [3.63, 3.8) is 0 Å². The predicted octanol–water partition coefficient (Wildman–Crippen LogP) is 36.7. The molecule has 2 aliphatic carbocycles. The van der Waals surface area contributed by atoms with Gasteiger partial charge in [-0.15, -0.1) is 0 Å². The van der Waals surface area contributed by atoms with Gasteiger partial charge in [0.2, 0.25) is 0 Å². The SMILES string of the molecule is CN(c1ccc(-c2ccc3c(c2)c2ccccc2n3-c2ccccc2)cc1)c1ccc2c(c1)C(C)(C)c1ccccc1-2.Cc1ccc(N(c2ccc(-c3ccccc3)cc2)c2cc3ccccc3c3ccccc23)cc1.Cc1ccc(N(c2ccc3c(c2)C(C)(C)c2ccccc2-3)c2cccc3ccccc23)cc1.Cc1ccc(N(c2ccccc2)c2cc3ccccc3c3ccccc23)cc1.